The van der Waals surface area contributed by atoms with Crippen LogP contribution in [0.15, 0.2) is 54.6 Å². The molecule has 2 rings (SSSR count). The highest BCUT2D eigenvalue weighted by Gasteiger charge is 2.39. The van der Waals surface area contributed by atoms with Crippen LogP contribution in [0.3, 0.4) is 0 Å². The molecular formula is C34H49N3O8. The molecule has 248 valence electrons. The first kappa shape index (κ1) is 36.9. The van der Waals surface area contributed by atoms with Gasteiger partial charge in [0.2, 0.25) is 5.91 Å². The third-order valence-electron chi connectivity index (χ3n) is 6.55. The van der Waals surface area contributed by atoms with Crippen LogP contribution in [-0.4, -0.2) is 61.0 Å². The van der Waals surface area contributed by atoms with Gasteiger partial charge in [-0.1, -0.05) is 56.3 Å². The minimum absolute atomic E-state index is 0.115. The Morgan fingerprint density at radius 3 is 1.93 bits per heavy atom. The minimum atomic E-state index is -1.09. The van der Waals surface area contributed by atoms with Crippen LogP contribution in [0.1, 0.15) is 72.9 Å². The molecule has 0 saturated heterocycles. The van der Waals surface area contributed by atoms with E-state index in [2.05, 4.69) is 16.0 Å². The zero-order valence-electron chi connectivity index (χ0n) is 27.9. The molecule has 0 aliphatic heterocycles. The zero-order chi connectivity index (χ0) is 33.8. The maximum Gasteiger partial charge on any atom is 0.408 e. The number of hydrogen-bond donors (Lipinski definition) is 3. The van der Waals surface area contributed by atoms with E-state index in [1.165, 1.54) is 7.11 Å². The van der Waals surface area contributed by atoms with Gasteiger partial charge < -0.3 is 34.9 Å². The van der Waals surface area contributed by atoms with Crippen molar-refractivity contribution in [3.8, 4) is 5.75 Å². The zero-order valence-corrected chi connectivity index (χ0v) is 27.9. The van der Waals surface area contributed by atoms with E-state index >= 15 is 0 Å². The van der Waals surface area contributed by atoms with Gasteiger partial charge in [-0.05, 0) is 76.6 Å². The molecule has 0 aliphatic rings. The Hall–Kier alpha value is -4.28. The molecule has 0 radical (unpaired) electrons. The van der Waals surface area contributed by atoms with E-state index in [1.807, 2.05) is 63.2 Å². The maximum absolute atomic E-state index is 13.7. The lowest BCUT2D eigenvalue weighted by Crippen LogP contribution is -2.57. The molecule has 45 heavy (non-hydrogen) atoms. The molecule has 0 spiro atoms. The second-order valence-corrected chi connectivity index (χ2v) is 13.5. The Morgan fingerprint density at radius 1 is 0.756 bits per heavy atom. The summed E-state index contributed by atoms with van der Waals surface area (Å²) in [5.74, 6) is -0.605. The number of rotatable bonds is 13. The molecule has 0 aliphatic carbocycles. The standard InChI is InChI=1S/C34H49N3O8/c1-32(2,3)44-25-17-15-23(16-18-25)21-26(36-31(41)45-33(4,5)6)28(38)37-27(29(39)42-9)34(7,8)19-20-35-30(40)43-22-24-13-11-10-12-14-24/h10-18,26-27H,19-22H2,1-9H3,(H,35,40)(H,36,41)(H,37,38)/t26-,27-/m0/s1. The average molecular weight is 628 g/mol. The van der Waals surface area contributed by atoms with Crippen LogP contribution >= 0.6 is 0 Å². The predicted octanol–water partition coefficient (Wildman–Crippen LogP) is 5.30. The largest absolute Gasteiger partial charge is 0.488 e. The minimum Gasteiger partial charge on any atom is -0.488 e. The van der Waals surface area contributed by atoms with Crippen molar-refractivity contribution < 1.29 is 38.1 Å². The third-order valence-corrected chi connectivity index (χ3v) is 6.55. The molecule has 2 aromatic rings. The van der Waals surface area contributed by atoms with E-state index < -0.39 is 47.2 Å². The van der Waals surface area contributed by atoms with E-state index in [-0.39, 0.29) is 25.2 Å². The van der Waals surface area contributed by atoms with Crippen molar-refractivity contribution in [3.05, 3.63) is 65.7 Å². The molecule has 2 atom stereocenters. The number of amides is 3. The van der Waals surface area contributed by atoms with Crippen LogP contribution in [0.4, 0.5) is 9.59 Å². The fraction of sp³-hybridized carbons (Fsp3) is 0.529. The van der Waals surface area contributed by atoms with Gasteiger partial charge in [0.15, 0.2) is 0 Å². The van der Waals surface area contributed by atoms with Gasteiger partial charge in [-0.3, -0.25) is 4.79 Å². The summed E-state index contributed by atoms with van der Waals surface area (Å²) in [5.41, 5.74) is -0.430. The fourth-order valence-electron chi connectivity index (χ4n) is 4.28. The normalized spacial score (nSPS) is 13.1. The molecule has 11 nitrogen and oxygen atoms in total. The van der Waals surface area contributed by atoms with Crippen molar-refractivity contribution in [2.75, 3.05) is 13.7 Å². The number of ether oxygens (including phenoxy) is 4. The van der Waals surface area contributed by atoms with Crippen LogP contribution < -0.4 is 20.7 Å². The Balaban J connectivity index is 2.14. The number of hydrogen-bond acceptors (Lipinski definition) is 8. The smallest absolute Gasteiger partial charge is 0.408 e. The maximum atomic E-state index is 13.7. The van der Waals surface area contributed by atoms with Crippen LogP contribution in [0.5, 0.6) is 5.75 Å². The van der Waals surface area contributed by atoms with Gasteiger partial charge >= 0.3 is 18.2 Å². The van der Waals surface area contributed by atoms with Crippen molar-refractivity contribution in [1.82, 2.24) is 16.0 Å². The monoisotopic (exact) mass is 627 g/mol. The quantitative estimate of drug-likeness (QED) is 0.201. The van der Waals surface area contributed by atoms with Crippen molar-refractivity contribution in [2.24, 2.45) is 5.41 Å². The van der Waals surface area contributed by atoms with Crippen molar-refractivity contribution in [3.63, 3.8) is 0 Å². The first-order chi connectivity index (χ1) is 20.9. The number of carbonyl (C=O) groups is 4. The van der Waals surface area contributed by atoms with Gasteiger partial charge in [0.25, 0.3) is 0 Å². The van der Waals surface area contributed by atoms with E-state index in [0.717, 1.165) is 11.1 Å². The molecule has 0 heterocycles. The van der Waals surface area contributed by atoms with Crippen LogP contribution in [-0.2, 0) is 36.8 Å². The molecule has 3 amide bonds. The Kier molecular flexibility index (Phi) is 13.2. The van der Waals surface area contributed by atoms with Gasteiger partial charge in [-0.25, -0.2) is 14.4 Å². The first-order valence-corrected chi connectivity index (χ1v) is 15.0. The summed E-state index contributed by atoms with van der Waals surface area (Å²) in [4.78, 5) is 51.6. The highest BCUT2D eigenvalue weighted by molar-refractivity contribution is 5.90. The summed E-state index contributed by atoms with van der Waals surface area (Å²) in [6.07, 6.45) is -0.965. The van der Waals surface area contributed by atoms with Gasteiger partial charge in [0, 0.05) is 13.0 Å². The van der Waals surface area contributed by atoms with Crippen LogP contribution in [0.2, 0.25) is 0 Å². The third kappa shape index (κ3) is 13.9. The summed E-state index contributed by atoms with van der Waals surface area (Å²) in [7, 11) is 1.23. The fourth-order valence-corrected chi connectivity index (χ4v) is 4.28. The topological polar surface area (TPSA) is 141 Å². The van der Waals surface area contributed by atoms with Gasteiger partial charge in [-0.2, -0.15) is 0 Å². The lowest BCUT2D eigenvalue weighted by molar-refractivity contribution is -0.149. The molecule has 0 bridgehead atoms. The SMILES string of the molecule is COC(=O)[C@H](NC(=O)[C@H](Cc1ccc(OC(C)(C)C)cc1)NC(=O)OC(C)(C)C)C(C)(C)CCNC(=O)OCc1ccccc1. The molecule has 0 fully saturated rings. The molecule has 11 heteroatoms. The Morgan fingerprint density at radius 2 is 1.38 bits per heavy atom. The number of methoxy groups -OCH3 is 1. The molecular weight excluding hydrogens is 578 g/mol. The second kappa shape index (κ2) is 16.2. The number of alkyl carbamates (subject to hydrolysis) is 2. The summed E-state index contributed by atoms with van der Waals surface area (Å²) < 4.78 is 21.6. The second-order valence-electron chi connectivity index (χ2n) is 13.5. The van der Waals surface area contributed by atoms with Gasteiger partial charge in [0.05, 0.1) is 7.11 Å². The van der Waals surface area contributed by atoms with E-state index in [9.17, 15) is 19.2 Å². The van der Waals surface area contributed by atoms with Crippen LogP contribution in [0, 0.1) is 5.41 Å². The lowest BCUT2D eigenvalue weighted by atomic mass is 9.80. The number of carbonyl (C=O) groups excluding carboxylic acids is 4. The highest BCUT2D eigenvalue weighted by atomic mass is 16.6. The van der Waals surface area contributed by atoms with Gasteiger partial charge in [0.1, 0.15) is 35.6 Å². The first-order valence-electron chi connectivity index (χ1n) is 15.0. The summed E-state index contributed by atoms with van der Waals surface area (Å²) in [5, 5.41) is 8.10. The summed E-state index contributed by atoms with van der Waals surface area (Å²) >= 11 is 0. The van der Waals surface area contributed by atoms with Crippen molar-refractivity contribution >= 4 is 24.1 Å². The van der Waals surface area contributed by atoms with E-state index in [1.54, 1.807) is 46.8 Å². The molecule has 2 aromatic carbocycles. The Labute approximate surface area is 266 Å². The number of nitrogens with one attached hydrogen (secondary N) is 3. The van der Waals surface area contributed by atoms with Crippen molar-refractivity contribution in [2.45, 2.75) is 98.1 Å². The highest BCUT2D eigenvalue weighted by Crippen LogP contribution is 2.26. The molecule has 0 aromatic heterocycles. The van der Waals surface area contributed by atoms with E-state index in [4.69, 9.17) is 18.9 Å². The Bertz CT molecular complexity index is 1270. The molecule has 0 saturated carbocycles. The summed E-state index contributed by atoms with van der Waals surface area (Å²) in [6, 6.07) is 14.3. The van der Waals surface area contributed by atoms with Gasteiger partial charge in [-0.15, -0.1) is 0 Å². The number of esters is 1. The molecule has 3 N–H and O–H groups in total. The van der Waals surface area contributed by atoms with Crippen LogP contribution in [0.25, 0.3) is 0 Å². The van der Waals surface area contributed by atoms with Crippen molar-refractivity contribution in [1.29, 1.82) is 0 Å². The molecule has 0 unspecified atom stereocenters. The predicted molar refractivity (Wildman–Crippen MR) is 171 cm³/mol. The number of benzene rings is 2. The lowest BCUT2D eigenvalue weighted by Gasteiger charge is -2.34. The summed E-state index contributed by atoms with van der Waals surface area (Å²) in [6.45, 7) is 14.8. The van der Waals surface area contributed by atoms with E-state index in [0.29, 0.717) is 12.2 Å². The average Bonchev–Trinajstić information content (AvgIpc) is 2.93.